The van der Waals surface area contributed by atoms with Crippen molar-refractivity contribution < 1.29 is 27.8 Å². The van der Waals surface area contributed by atoms with Crippen LogP contribution in [0.2, 0.25) is 0 Å². The lowest BCUT2D eigenvalue weighted by molar-refractivity contribution is -0.915. The van der Waals surface area contributed by atoms with Crippen molar-refractivity contribution in [1.82, 2.24) is 4.90 Å². The third-order valence-electron chi connectivity index (χ3n) is 6.30. The van der Waals surface area contributed by atoms with Gasteiger partial charge in [-0.2, -0.15) is 13.2 Å². The van der Waals surface area contributed by atoms with E-state index in [9.17, 15) is 18.0 Å². The number of alkyl halides is 3. The molecule has 0 unspecified atom stereocenters. The molecular formula is C20H31F3N4O+2. The van der Waals surface area contributed by atoms with Gasteiger partial charge < -0.3 is 9.80 Å². The summed E-state index contributed by atoms with van der Waals surface area (Å²) in [7, 11) is 0. The van der Waals surface area contributed by atoms with Crippen LogP contribution >= 0.6 is 0 Å². The Bertz CT molecular complexity index is 661. The second kappa shape index (κ2) is 8.27. The molecule has 0 saturated carbocycles. The lowest BCUT2D eigenvalue weighted by Gasteiger charge is -2.41. The summed E-state index contributed by atoms with van der Waals surface area (Å²) in [6.45, 7) is 9.27. The highest BCUT2D eigenvalue weighted by Gasteiger charge is 2.39. The Morgan fingerprint density at radius 2 is 1.79 bits per heavy atom. The van der Waals surface area contributed by atoms with Gasteiger partial charge in [-0.1, -0.05) is 0 Å². The molecule has 2 aliphatic heterocycles. The average Bonchev–Trinajstić information content (AvgIpc) is 2.67. The molecule has 0 radical (unpaired) electrons. The van der Waals surface area contributed by atoms with E-state index in [2.05, 4.69) is 23.7 Å². The molecule has 3 atom stereocenters. The zero-order valence-electron chi connectivity index (χ0n) is 16.9. The topological polar surface area (TPSA) is 42.1 Å². The van der Waals surface area contributed by atoms with Gasteiger partial charge in [-0.15, -0.1) is 0 Å². The van der Waals surface area contributed by atoms with E-state index in [4.69, 9.17) is 0 Å². The van der Waals surface area contributed by atoms with E-state index >= 15 is 0 Å². The fraction of sp³-hybridized carbons (Fsp3) is 0.700. The van der Waals surface area contributed by atoms with Crippen molar-refractivity contribution in [3.8, 4) is 0 Å². The molecule has 0 spiro atoms. The summed E-state index contributed by atoms with van der Waals surface area (Å²) in [5.41, 5.74) is -0.676. The van der Waals surface area contributed by atoms with Gasteiger partial charge in [-0.3, -0.25) is 9.69 Å². The number of anilines is 1. The molecule has 0 bridgehead atoms. The molecule has 3 rings (SSSR count). The van der Waals surface area contributed by atoms with Gasteiger partial charge in [-0.25, -0.2) is 4.98 Å². The number of hydrogen-bond donors (Lipinski definition) is 1. The van der Waals surface area contributed by atoms with Gasteiger partial charge in [0.2, 0.25) is 0 Å². The first kappa shape index (κ1) is 20.9. The number of hydrogen-bond acceptors (Lipinski definition) is 2. The van der Waals surface area contributed by atoms with Gasteiger partial charge in [0.1, 0.15) is 32.4 Å². The highest BCUT2D eigenvalue weighted by molar-refractivity contribution is 5.80. The predicted octanol–water partition coefficient (Wildman–Crippen LogP) is 1.40. The lowest BCUT2D eigenvalue weighted by Crippen LogP contribution is -3.19. The van der Waals surface area contributed by atoms with Crippen LogP contribution in [0.5, 0.6) is 0 Å². The number of piperidine rings is 1. The third-order valence-corrected chi connectivity index (χ3v) is 6.30. The first-order chi connectivity index (χ1) is 13.2. The van der Waals surface area contributed by atoms with Crippen molar-refractivity contribution in [1.29, 1.82) is 0 Å². The quantitative estimate of drug-likeness (QED) is 0.834. The summed E-state index contributed by atoms with van der Waals surface area (Å²) < 4.78 is 38.1. The number of amides is 1. The van der Waals surface area contributed by atoms with Crippen LogP contribution in [0, 0.1) is 0 Å². The van der Waals surface area contributed by atoms with E-state index < -0.39 is 11.7 Å². The molecule has 1 aromatic heterocycles. The molecule has 8 heteroatoms. The van der Waals surface area contributed by atoms with E-state index in [0.717, 1.165) is 38.2 Å². The Kier molecular flexibility index (Phi) is 6.17. The summed E-state index contributed by atoms with van der Waals surface area (Å²) in [4.78, 5) is 21.2. The Morgan fingerprint density at radius 1 is 1.18 bits per heavy atom. The van der Waals surface area contributed by atoms with Crippen LogP contribution in [0.4, 0.5) is 19.0 Å². The number of quaternary nitrogens is 1. The second-order valence-corrected chi connectivity index (χ2v) is 8.20. The summed E-state index contributed by atoms with van der Waals surface area (Å²) in [6.07, 6.45) is -0.0166. The summed E-state index contributed by atoms with van der Waals surface area (Å²) >= 11 is 0. The summed E-state index contributed by atoms with van der Waals surface area (Å²) in [5.74, 6) is 0.911. The van der Waals surface area contributed by atoms with Gasteiger partial charge >= 0.3 is 6.18 Å². The zero-order valence-corrected chi connectivity index (χ0v) is 16.9. The highest BCUT2D eigenvalue weighted by atomic mass is 19.4. The first-order valence-corrected chi connectivity index (χ1v) is 10.2. The maximum atomic E-state index is 13.1. The number of H-pyrrole nitrogens is 1. The molecule has 0 aromatic carbocycles. The number of carbonyl (C=O) groups is 1. The number of piperazine rings is 1. The summed E-state index contributed by atoms with van der Waals surface area (Å²) in [6, 6.07) is 3.08. The Balaban J connectivity index is 1.58. The van der Waals surface area contributed by atoms with Crippen LogP contribution in [0.3, 0.4) is 0 Å². The number of aromatic amines is 1. The molecule has 5 nitrogen and oxygen atoms in total. The van der Waals surface area contributed by atoms with Crippen LogP contribution < -0.4 is 14.8 Å². The van der Waals surface area contributed by atoms with E-state index in [-0.39, 0.29) is 11.9 Å². The fourth-order valence-electron chi connectivity index (χ4n) is 4.51. The Hall–Kier alpha value is -1.83. The fourth-order valence-corrected chi connectivity index (χ4v) is 4.51. The van der Waals surface area contributed by atoms with Gasteiger partial charge in [0.05, 0.1) is 5.56 Å². The van der Waals surface area contributed by atoms with Crippen LogP contribution in [0.25, 0.3) is 0 Å². The van der Waals surface area contributed by atoms with E-state index in [1.54, 1.807) is 0 Å². The Labute approximate surface area is 164 Å². The molecule has 2 saturated heterocycles. The second-order valence-electron chi connectivity index (χ2n) is 8.20. The van der Waals surface area contributed by atoms with Crippen LogP contribution in [-0.2, 0) is 11.0 Å². The average molecular weight is 400 g/mol. The molecule has 0 aliphatic carbocycles. The zero-order chi connectivity index (χ0) is 20.5. The van der Waals surface area contributed by atoms with Crippen molar-refractivity contribution >= 4 is 11.7 Å². The number of aromatic nitrogens is 1. The van der Waals surface area contributed by atoms with Gasteiger partial charge in [0.25, 0.3) is 11.7 Å². The minimum absolute atomic E-state index is 0.0956. The molecule has 2 aliphatic rings. The van der Waals surface area contributed by atoms with E-state index in [1.807, 2.05) is 11.8 Å². The maximum absolute atomic E-state index is 13.1. The molecule has 1 aromatic rings. The first-order valence-electron chi connectivity index (χ1n) is 10.2. The van der Waals surface area contributed by atoms with E-state index in [0.29, 0.717) is 31.0 Å². The molecular weight excluding hydrogens is 369 g/mol. The standard InChI is InChI=1S/C20H29F3N4O/c1-14-5-4-6-15(2)27(14)19(28)16(3)25-9-11-26(12-10-25)18-8-7-17(13-24-18)20(21,22)23/h7-8,13-16H,4-6,9-12H2,1-3H3/p+2/t14-,15-,16-/m1/s1. The smallest absolute Gasteiger partial charge is 0.332 e. The van der Waals surface area contributed by atoms with Crippen LogP contribution in [0.15, 0.2) is 18.3 Å². The molecule has 156 valence electrons. The normalized spacial score (nSPS) is 25.6. The third kappa shape index (κ3) is 4.42. The number of nitrogens with zero attached hydrogens (tertiary/aromatic N) is 2. The minimum Gasteiger partial charge on any atom is -0.332 e. The lowest BCUT2D eigenvalue weighted by atomic mass is 9.96. The van der Waals surface area contributed by atoms with Crippen molar-refractivity contribution in [3.05, 3.63) is 23.9 Å². The van der Waals surface area contributed by atoms with Crippen molar-refractivity contribution in [2.24, 2.45) is 0 Å². The number of halogens is 3. The maximum Gasteiger partial charge on any atom is 0.419 e. The van der Waals surface area contributed by atoms with E-state index in [1.165, 1.54) is 17.4 Å². The van der Waals surface area contributed by atoms with Crippen LogP contribution in [-0.4, -0.2) is 55.1 Å². The van der Waals surface area contributed by atoms with Gasteiger partial charge in [0, 0.05) is 18.2 Å². The number of rotatable bonds is 3. The molecule has 2 fully saturated rings. The largest absolute Gasteiger partial charge is 0.419 e. The molecule has 28 heavy (non-hydrogen) atoms. The molecule has 2 N–H and O–H groups in total. The van der Waals surface area contributed by atoms with Crippen molar-refractivity contribution in [2.45, 2.75) is 64.3 Å². The van der Waals surface area contributed by atoms with Gasteiger partial charge in [-0.05, 0) is 46.1 Å². The molecule has 1 amide bonds. The highest BCUT2D eigenvalue weighted by Crippen LogP contribution is 2.28. The SMILES string of the molecule is C[C@@H]1CCC[C@@H](C)N1C(=O)[C@@H](C)[NH+]1CCN(c2ccc(C(F)(F)F)c[nH+]2)CC1. The molecule has 3 heterocycles. The summed E-state index contributed by atoms with van der Waals surface area (Å²) in [5, 5.41) is 0. The number of carbonyl (C=O) groups excluding carboxylic acids is 1. The van der Waals surface area contributed by atoms with Crippen LogP contribution in [0.1, 0.15) is 45.6 Å². The predicted molar refractivity (Wildman–Crippen MR) is 100.0 cm³/mol. The van der Waals surface area contributed by atoms with Crippen molar-refractivity contribution in [2.75, 3.05) is 31.1 Å². The van der Waals surface area contributed by atoms with Crippen molar-refractivity contribution in [3.63, 3.8) is 0 Å². The number of pyridine rings is 1. The number of likely N-dealkylation sites (tertiary alicyclic amines) is 1. The number of nitrogens with one attached hydrogen (secondary N) is 2. The minimum atomic E-state index is -4.34. The monoisotopic (exact) mass is 400 g/mol. The Morgan fingerprint density at radius 3 is 2.29 bits per heavy atom. The van der Waals surface area contributed by atoms with Gasteiger partial charge in [0.15, 0.2) is 6.04 Å².